The third-order valence-corrected chi connectivity index (χ3v) is 5.84. The summed E-state index contributed by atoms with van der Waals surface area (Å²) >= 11 is 22.9. The molecule has 0 fully saturated rings. The van der Waals surface area contributed by atoms with Crippen molar-refractivity contribution in [2.24, 2.45) is 0 Å². The highest BCUT2D eigenvalue weighted by Crippen LogP contribution is 2.11. The number of rotatable bonds is 0. The number of hydrogen-bond donors (Lipinski definition) is 0. The SMILES string of the molecule is F.F.F.F.F.Fc1ccccc1[S].Fc1ccccc1[S].Fc1ccccc1[S].Fc1ccccc1[S].Fc1ccccc1[S]. The lowest BCUT2D eigenvalue weighted by atomic mass is 10.4. The molecule has 0 amide bonds. The lowest BCUT2D eigenvalue weighted by Gasteiger charge is -1.86. The molecule has 0 nitrogen and oxygen atoms in total. The maximum absolute atomic E-state index is 12.2. The Morgan fingerprint density at radius 1 is 0.244 bits per heavy atom. The van der Waals surface area contributed by atoms with Crippen molar-refractivity contribution in [1.82, 2.24) is 0 Å². The number of halogens is 10. The van der Waals surface area contributed by atoms with Gasteiger partial charge in [-0.3, -0.25) is 23.5 Å². The summed E-state index contributed by atoms with van der Waals surface area (Å²) in [5, 5.41) is 0. The van der Waals surface area contributed by atoms with Crippen LogP contribution in [-0.2, 0) is 0 Å². The Morgan fingerprint density at radius 2 is 0.356 bits per heavy atom. The van der Waals surface area contributed by atoms with Crippen LogP contribution in [0.5, 0.6) is 0 Å². The molecule has 0 atom stereocenters. The molecule has 0 bridgehead atoms. The standard InChI is InChI=1S/5C6H4FS.5FH/c5*7-5-3-1-2-4-6(5)8;;;;;/h5*1-4H;5*1H. The lowest BCUT2D eigenvalue weighted by Crippen LogP contribution is -1.71. The normalized spacial score (nSPS) is 8.11. The first-order valence-corrected chi connectivity index (χ1v) is 13.1. The van der Waals surface area contributed by atoms with Crippen molar-refractivity contribution in [1.29, 1.82) is 0 Å². The molecule has 0 aromatic heterocycles. The first kappa shape index (κ1) is 51.1. The van der Waals surface area contributed by atoms with Gasteiger partial charge in [0.25, 0.3) is 0 Å². The molecule has 5 rings (SSSR count). The second-order valence-corrected chi connectivity index (χ2v) is 9.35. The molecule has 5 aromatic rings. The zero-order valence-corrected chi connectivity index (χ0v) is 26.6. The molecule has 5 radical (unpaired) electrons. The van der Waals surface area contributed by atoms with Gasteiger partial charge in [-0.15, -0.1) is 0 Å². The highest BCUT2D eigenvalue weighted by atomic mass is 32.1. The lowest BCUT2D eigenvalue weighted by molar-refractivity contribution is 0.602. The maximum atomic E-state index is 12.2. The van der Waals surface area contributed by atoms with E-state index in [1.807, 2.05) is 0 Å². The molecule has 0 aliphatic carbocycles. The van der Waals surface area contributed by atoms with Crippen LogP contribution in [-0.4, -0.2) is 0 Å². The van der Waals surface area contributed by atoms with Crippen LogP contribution in [0.4, 0.5) is 45.5 Å². The van der Waals surface area contributed by atoms with Crippen molar-refractivity contribution in [3.63, 3.8) is 0 Å². The summed E-state index contributed by atoms with van der Waals surface area (Å²) in [5.74, 6) is -1.59. The van der Waals surface area contributed by atoms with Crippen molar-refractivity contribution in [2.75, 3.05) is 0 Å². The van der Waals surface area contributed by atoms with Gasteiger partial charge in [0.05, 0.1) is 24.5 Å². The van der Waals surface area contributed by atoms with Gasteiger partial charge in [-0.25, -0.2) is 22.0 Å². The van der Waals surface area contributed by atoms with Crippen molar-refractivity contribution in [3.05, 3.63) is 150 Å². The van der Waals surface area contributed by atoms with E-state index >= 15 is 0 Å². The monoisotopic (exact) mass is 735 g/mol. The Balaban J connectivity index is -0.000000144. The summed E-state index contributed by atoms with van der Waals surface area (Å²) in [7, 11) is 0. The van der Waals surface area contributed by atoms with Crippen LogP contribution in [0.2, 0.25) is 0 Å². The molecule has 5 aromatic carbocycles. The molecule has 0 unspecified atom stereocenters. The van der Waals surface area contributed by atoms with Gasteiger partial charge in [-0.1, -0.05) is 124 Å². The van der Waals surface area contributed by atoms with Gasteiger partial charge in [-0.05, 0) is 60.7 Å². The predicted octanol–water partition coefficient (Wildman–Crippen LogP) is 12.7. The summed E-state index contributed by atoms with van der Waals surface area (Å²) in [6.45, 7) is 0. The minimum Gasteiger partial charge on any atom is -0.269 e. The van der Waals surface area contributed by atoms with Gasteiger partial charge in [0.15, 0.2) is 0 Å². The van der Waals surface area contributed by atoms with Crippen LogP contribution in [0.3, 0.4) is 0 Å². The van der Waals surface area contributed by atoms with E-state index in [-0.39, 0.29) is 77.1 Å². The van der Waals surface area contributed by atoms with Gasteiger partial charge in [0.2, 0.25) is 0 Å². The Hall–Kier alpha value is -3.50. The fourth-order valence-corrected chi connectivity index (χ4v) is 2.96. The third kappa shape index (κ3) is 22.6. The van der Waals surface area contributed by atoms with E-state index in [0.717, 1.165) is 0 Å². The minimum absolute atomic E-state index is 0. The van der Waals surface area contributed by atoms with E-state index < -0.39 is 0 Å². The van der Waals surface area contributed by atoms with Gasteiger partial charge < -0.3 is 0 Å². The molecule has 0 spiro atoms. The fourth-order valence-electron chi connectivity index (χ4n) is 2.22. The molecular formula is C30H25F10S5. The largest absolute Gasteiger partial charge is 0.269 e. The topological polar surface area (TPSA) is 0 Å². The average molecular weight is 736 g/mol. The molecule has 0 aliphatic rings. The van der Waals surface area contributed by atoms with E-state index in [9.17, 15) is 22.0 Å². The average Bonchev–Trinajstić information content (AvgIpc) is 2.94. The zero-order chi connectivity index (χ0) is 29.9. The van der Waals surface area contributed by atoms with Crippen LogP contribution < -0.4 is 0 Å². The first-order chi connectivity index (χ1) is 19.0. The molecule has 45 heavy (non-hydrogen) atoms. The van der Waals surface area contributed by atoms with E-state index in [1.165, 1.54) is 30.3 Å². The Labute approximate surface area is 282 Å². The molecule has 0 aliphatic heterocycles. The van der Waals surface area contributed by atoms with E-state index in [0.29, 0.717) is 0 Å². The quantitative estimate of drug-likeness (QED) is 0.139. The highest BCUT2D eigenvalue weighted by Gasteiger charge is 1.94. The van der Waals surface area contributed by atoms with Gasteiger partial charge in [-0.2, -0.15) is 0 Å². The smallest absolute Gasteiger partial charge is 0.141 e. The third-order valence-electron chi connectivity index (χ3n) is 4.18. The highest BCUT2D eigenvalue weighted by molar-refractivity contribution is 7.81. The molecule has 245 valence electrons. The summed E-state index contributed by atoms with van der Waals surface area (Å²) in [4.78, 5) is 1.42. The van der Waals surface area contributed by atoms with Crippen molar-refractivity contribution in [3.8, 4) is 0 Å². The fraction of sp³-hybridized carbons (Fsp3) is 0. The van der Waals surface area contributed by atoms with Crippen molar-refractivity contribution < 1.29 is 45.5 Å². The molecule has 0 saturated carbocycles. The molecule has 0 N–H and O–H groups in total. The summed E-state index contributed by atoms with van der Waals surface area (Å²) < 4.78 is 61.1. The number of hydrogen-bond acceptors (Lipinski definition) is 0. The Kier molecular flexibility index (Phi) is 33.2. The summed E-state index contributed by atoms with van der Waals surface area (Å²) in [5.41, 5.74) is 0. The molecule has 15 heteroatoms. The van der Waals surface area contributed by atoms with Crippen LogP contribution >= 0.6 is 63.1 Å². The minimum atomic E-state index is -0.317. The van der Waals surface area contributed by atoms with Gasteiger partial charge >= 0.3 is 0 Å². The van der Waals surface area contributed by atoms with Crippen LogP contribution in [0, 0.1) is 29.1 Å². The number of benzene rings is 5. The predicted molar refractivity (Wildman–Crippen MR) is 174 cm³/mol. The second-order valence-electron chi connectivity index (χ2n) is 7.15. The van der Waals surface area contributed by atoms with Gasteiger partial charge in [0, 0.05) is 0 Å². The van der Waals surface area contributed by atoms with Crippen LogP contribution in [0.25, 0.3) is 0 Å². The molecule has 0 saturated heterocycles. The van der Waals surface area contributed by atoms with Crippen LogP contribution in [0.15, 0.2) is 146 Å². The Morgan fingerprint density at radius 3 is 0.422 bits per heavy atom. The molecule has 0 heterocycles. The summed E-state index contributed by atoms with van der Waals surface area (Å²) in [6.07, 6.45) is 0. The Bertz CT molecular complexity index is 1090. The van der Waals surface area contributed by atoms with E-state index in [2.05, 4.69) is 63.1 Å². The molecular weight excluding hydrogens is 711 g/mol. The first-order valence-electron chi connectivity index (χ1n) is 11.1. The summed E-state index contributed by atoms with van der Waals surface area (Å²) in [6, 6.07) is 31.2. The maximum Gasteiger partial charge on any atom is 0.141 e. The van der Waals surface area contributed by atoms with Crippen molar-refractivity contribution in [2.45, 2.75) is 24.5 Å². The van der Waals surface area contributed by atoms with E-state index in [1.54, 1.807) is 91.0 Å². The van der Waals surface area contributed by atoms with Crippen LogP contribution in [0.1, 0.15) is 0 Å². The van der Waals surface area contributed by atoms with Gasteiger partial charge in [0.1, 0.15) is 29.1 Å². The van der Waals surface area contributed by atoms with Crippen molar-refractivity contribution >= 4 is 63.1 Å². The zero-order valence-electron chi connectivity index (χ0n) is 22.5. The van der Waals surface area contributed by atoms with E-state index in [4.69, 9.17) is 0 Å². The second kappa shape index (κ2) is 29.2.